The predicted octanol–water partition coefficient (Wildman–Crippen LogP) is 1.80. The quantitative estimate of drug-likeness (QED) is 0.561. The van der Waals surface area contributed by atoms with Crippen molar-refractivity contribution >= 4 is 12.2 Å². The first-order valence-electron chi connectivity index (χ1n) is 5.44. The molecular weight excluding hydrogens is 222 g/mol. The van der Waals surface area contributed by atoms with Gasteiger partial charge >= 0.3 is 5.97 Å². The van der Waals surface area contributed by atoms with Crippen LogP contribution in [0.4, 0.5) is 0 Å². The van der Waals surface area contributed by atoms with Crippen molar-refractivity contribution in [2.24, 2.45) is 4.99 Å². The summed E-state index contributed by atoms with van der Waals surface area (Å²) >= 11 is 0. The lowest BCUT2D eigenvalue weighted by Crippen LogP contribution is -2.18. The molecule has 5 nitrogen and oxygen atoms in total. The topological polar surface area (TPSA) is 61.0 Å². The van der Waals surface area contributed by atoms with Crippen molar-refractivity contribution in [3.05, 3.63) is 23.7 Å². The average molecular weight is 239 g/mol. The molecule has 0 amide bonds. The summed E-state index contributed by atoms with van der Waals surface area (Å²) in [4.78, 5) is 15.3. The van der Waals surface area contributed by atoms with E-state index in [0.29, 0.717) is 19.0 Å². The van der Waals surface area contributed by atoms with Crippen molar-refractivity contribution in [3.63, 3.8) is 0 Å². The third-order valence-corrected chi connectivity index (χ3v) is 2.02. The lowest BCUT2D eigenvalue weighted by atomic mass is 10.3. The lowest BCUT2D eigenvalue weighted by Gasteiger charge is -2.04. The summed E-state index contributed by atoms with van der Waals surface area (Å²) in [5, 5.41) is 0. The number of ether oxygens (including phenoxy) is 2. The molecule has 17 heavy (non-hydrogen) atoms. The van der Waals surface area contributed by atoms with Crippen molar-refractivity contribution in [1.29, 1.82) is 0 Å². The molecule has 0 saturated heterocycles. The smallest absolute Gasteiger partial charge is 0.330 e. The number of furan rings is 1. The first-order valence-corrected chi connectivity index (χ1v) is 5.44. The van der Waals surface area contributed by atoms with E-state index in [9.17, 15) is 4.79 Å². The van der Waals surface area contributed by atoms with E-state index in [4.69, 9.17) is 13.9 Å². The van der Waals surface area contributed by atoms with Crippen LogP contribution in [-0.2, 0) is 20.9 Å². The Morgan fingerprint density at radius 2 is 2.35 bits per heavy atom. The van der Waals surface area contributed by atoms with Crippen LogP contribution in [0.3, 0.4) is 0 Å². The predicted molar refractivity (Wildman–Crippen MR) is 63.1 cm³/mol. The van der Waals surface area contributed by atoms with Gasteiger partial charge in [-0.2, -0.15) is 0 Å². The maximum Gasteiger partial charge on any atom is 0.330 e. The molecule has 5 heteroatoms. The minimum atomic E-state index is -0.522. The highest BCUT2D eigenvalue weighted by Gasteiger charge is 2.11. The molecule has 0 radical (unpaired) electrons. The minimum absolute atomic E-state index is 0.340. The third-order valence-electron chi connectivity index (χ3n) is 2.02. The molecule has 1 aromatic rings. The summed E-state index contributed by atoms with van der Waals surface area (Å²) in [5.41, 5.74) is 0. The maximum atomic E-state index is 11.3. The molecule has 0 saturated carbocycles. The van der Waals surface area contributed by atoms with Gasteiger partial charge in [0.05, 0.1) is 12.8 Å². The molecule has 0 spiro atoms. The molecule has 0 aliphatic carbocycles. The SMILES string of the molecule is CCOC(=O)C(C)N=Cc1ccc(COC)o1. The Bertz CT molecular complexity index is 384. The second-order valence-corrected chi connectivity index (χ2v) is 3.44. The van der Waals surface area contributed by atoms with Crippen LogP contribution in [0.25, 0.3) is 0 Å². The molecule has 94 valence electrons. The van der Waals surface area contributed by atoms with Crippen LogP contribution in [0.5, 0.6) is 0 Å². The van der Waals surface area contributed by atoms with Gasteiger partial charge in [-0.3, -0.25) is 4.99 Å². The number of carbonyl (C=O) groups excluding carboxylic acids is 1. The molecule has 1 unspecified atom stereocenters. The van der Waals surface area contributed by atoms with Crippen LogP contribution < -0.4 is 0 Å². The Hall–Kier alpha value is -1.62. The molecular formula is C12H17NO4. The van der Waals surface area contributed by atoms with Gasteiger partial charge in [0.2, 0.25) is 0 Å². The number of hydrogen-bond donors (Lipinski definition) is 0. The Kier molecular flexibility index (Phi) is 5.42. The van der Waals surface area contributed by atoms with Gasteiger partial charge in [0.15, 0.2) is 0 Å². The van der Waals surface area contributed by atoms with Crippen LogP contribution >= 0.6 is 0 Å². The normalized spacial score (nSPS) is 12.9. The second kappa shape index (κ2) is 6.85. The van der Waals surface area contributed by atoms with Crippen LogP contribution in [0.2, 0.25) is 0 Å². The minimum Gasteiger partial charge on any atom is -0.464 e. The molecule has 1 heterocycles. The summed E-state index contributed by atoms with van der Waals surface area (Å²) in [6.07, 6.45) is 1.51. The largest absolute Gasteiger partial charge is 0.464 e. The van der Waals surface area contributed by atoms with Crippen molar-refractivity contribution in [2.75, 3.05) is 13.7 Å². The number of esters is 1. The molecule has 0 aromatic carbocycles. The monoisotopic (exact) mass is 239 g/mol. The molecule has 0 aliphatic rings. The number of nitrogens with zero attached hydrogens (tertiary/aromatic N) is 1. The standard InChI is InChI=1S/C12H17NO4/c1-4-16-12(14)9(2)13-7-10-5-6-11(17-10)8-15-3/h5-7,9H,4,8H2,1-3H3. The van der Waals surface area contributed by atoms with Gasteiger partial charge < -0.3 is 13.9 Å². The Balaban J connectivity index is 2.54. The molecule has 1 rings (SSSR count). The van der Waals surface area contributed by atoms with Crippen molar-refractivity contribution in [3.8, 4) is 0 Å². The van der Waals surface area contributed by atoms with E-state index in [1.165, 1.54) is 6.21 Å². The Labute approximate surface area is 100 Å². The van der Waals surface area contributed by atoms with E-state index in [0.717, 1.165) is 5.76 Å². The van der Waals surface area contributed by atoms with Crippen LogP contribution in [0, 0.1) is 0 Å². The third kappa shape index (κ3) is 4.40. The van der Waals surface area contributed by atoms with Crippen molar-refractivity contribution in [1.82, 2.24) is 0 Å². The number of methoxy groups -OCH3 is 1. The van der Waals surface area contributed by atoms with Crippen molar-refractivity contribution in [2.45, 2.75) is 26.5 Å². The van der Waals surface area contributed by atoms with Gasteiger partial charge in [-0.25, -0.2) is 4.79 Å². The van der Waals surface area contributed by atoms with E-state index in [2.05, 4.69) is 4.99 Å². The van der Waals surface area contributed by atoms with Gasteiger partial charge in [0, 0.05) is 7.11 Å². The highest BCUT2D eigenvalue weighted by molar-refractivity contribution is 5.81. The van der Waals surface area contributed by atoms with E-state index in [-0.39, 0.29) is 5.97 Å². The molecule has 0 N–H and O–H groups in total. The summed E-state index contributed by atoms with van der Waals surface area (Å²) in [5.74, 6) is 0.971. The number of hydrogen-bond acceptors (Lipinski definition) is 5. The van der Waals surface area contributed by atoms with Gasteiger partial charge in [-0.05, 0) is 26.0 Å². The fourth-order valence-electron chi connectivity index (χ4n) is 1.19. The van der Waals surface area contributed by atoms with Gasteiger partial charge in [0.1, 0.15) is 24.2 Å². The van der Waals surface area contributed by atoms with Crippen LogP contribution in [-0.4, -0.2) is 31.9 Å². The zero-order chi connectivity index (χ0) is 12.7. The molecule has 0 bridgehead atoms. The Morgan fingerprint density at radius 1 is 1.59 bits per heavy atom. The zero-order valence-electron chi connectivity index (χ0n) is 10.3. The molecule has 1 aromatic heterocycles. The first kappa shape index (κ1) is 13.4. The van der Waals surface area contributed by atoms with E-state index in [1.807, 2.05) is 0 Å². The van der Waals surface area contributed by atoms with Crippen molar-refractivity contribution < 1.29 is 18.7 Å². The van der Waals surface area contributed by atoms with Crippen LogP contribution in [0.1, 0.15) is 25.4 Å². The van der Waals surface area contributed by atoms with Gasteiger partial charge in [0.25, 0.3) is 0 Å². The fourth-order valence-corrected chi connectivity index (χ4v) is 1.19. The summed E-state index contributed by atoms with van der Waals surface area (Å²) in [7, 11) is 1.60. The van der Waals surface area contributed by atoms with Gasteiger partial charge in [-0.15, -0.1) is 0 Å². The van der Waals surface area contributed by atoms with Crippen LogP contribution in [0.15, 0.2) is 21.5 Å². The summed E-state index contributed by atoms with van der Waals surface area (Å²) in [6.45, 7) is 4.21. The van der Waals surface area contributed by atoms with E-state index in [1.54, 1.807) is 33.1 Å². The molecule has 0 aliphatic heterocycles. The average Bonchev–Trinajstić information content (AvgIpc) is 2.74. The zero-order valence-corrected chi connectivity index (χ0v) is 10.3. The van der Waals surface area contributed by atoms with Gasteiger partial charge in [-0.1, -0.05) is 0 Å². The van der Waals surface area contributed by atoms with E-state index >= 15 is 0 Å². The Morgan fingerprint density at radius 3 is 3.00 bits per heavy atom. The van der Waals surface area contributed by atoms with E-state index < -0.39 is 6.04 Å². The highest BCUT2D eigenvalue weighted by Crippen LogP contribution is 2.07. The number of carbonyl (C=O) groups is 1. The highest BCUT2D eigenvalue weighted by atomic mass is 16.5. The first-order chi connectivity index (χ1) is 8.17. The molecule has 1 atom stereocenters. The second-order valence-electron chi connectivity index (χ2n) is 3.44. The fraction of sp³-hybridized carbons (Fsp3) is 0.500. The molecule has 0 fully saturated rings. The maximum absolute atomic E-state index is 11.3. The number of rotatable bonds is 6. The summed E-state index contributed by atoms with van der Waals surface area (Å²) < 4.78 is 15.1. The summed E-state index contributed by atoms with van der Waals surface area (Å²) in [6, 6.07) is 3.06. The lowest BCUT2D eigenvalue weighted by molar-refractivity contribution is -0.144. The number of aliphatic imine (C=N–C) groups is 1.